The zero-order valence-corrected chi connectivity index (χ0v) is 11.4. The van der Waals surface area contributed by atoms with Crippen LogP contribution in [0.15, 0.2) is 53.8 Å². The predicted octanol–water partition coefficient (Wildman–Crippen LogP) is 2.14. The minimum absolute atomic E-state index is 0.204. The van der Waals surface area contributed by atoms with Crippen molar-refractivity contribution in [2.24, 2.45) is 5.10 Å². The lowest BCUT2D eigenvalue weighted by Gasteiger charge is -2.05. The van der Waals surface area contributed by atoms with Crippen LogP contribution in [0.4, 0.5) is 4.39 Å². The number of pyridine rings is 1. The number of benzene rings is 1. The molecule has 0 aliphatic carbocycles. The minimum Gasteiger partial charge on any atom is -0.484 e. The van der Waals surface area contributed by atoms with Crippen LogP contribution < -0.4 is 10.2 Å². The van der Waals surface area contributed by atoms with E-state index in [1.54, 1.807) is 25.3 Å². The number of nitrogens with one attached hydrogen (secondary N) is 1. The van der Waals surface area contributed by atoms with Crippen molar-refractivity contribution in [3.05, 3.63) is 60.2 Å². The number of halogens is 1. The van der Waals surface area contributed by atoms with Gasteiger partial charge in [0.05, 0.1) is 11.4 Å². The molecular formula is C15H14FN3O2. The first-order valence-corrected chi connectivity index (χ1v) is 6.28. The van der Waals surface area contributed by atoms with E-state index >= 15 is 0 Å². The first-order chi connectivity index (χ1) is 10.1. The number of hydrazone groups is 1. The third-order valence-corrected chi connectivity index (χ3v) is 2.57. The van der Waals surface area contributed by atoms with Gasteiger partial charge >= 0.3 is 0 Å². The molecule has 2 aromatic rings. The molecule has 0 fully saturated rings. The van der Waals surface area contributed by atoms with E-state index in [0.717, 1.165) is 0 Å². The second kappa shape index (κ2) is 7.14. The molecule has 0 aliphatic rings. The number of aromatic nitrogens is 1. The Kier molecular flexibility index (Phi) is 4.98. The second-order valence-electron chi connectivity index (χ2n) is 4.19. The van der Waals surface area contributed by atoms with E-state index in [2.05, 4.69) is 15.5 Å². The summed E-state index contributed by atoms with van der Waals surface area (Å²) in [4.78, 5) is 15.7. The van der Waals surface area contributed by atoms with Gasteiger partial charge in [-0.2, -0.15) is 5.10 Å². The molecule has 6 heteroatoms. The highest BCUT2D eigenvalue weighted by atomic mass is 19.1. The molecule has 0 atom stereocenters. The van der Waals surface area contributed by atoms with Gasteiger partial charge < -0.3 is 4.74 Å². The molecule has 21 heavy (non-hydrogen) atoms. The van der Waals surface area contributed by atoms with Gasteiger partial charge in [0.15, 0.2) is 6.61 Å². The largest absolute Gasteiger partial charge is 0.484 e. The van der Waals surface area contributed by atoms with Crippen molar-refractivity contribution in [2.45, 2.75) is 6.92 Å². The van der Waals surface area contributed by atoms with Crippen LogP contribution in [-0.2, 0) is 4.79 Å². The quantitative estimate of drug-likeness (QED) is 0.677. The third-order valence-electron chi connectivity index (χ3n) is 2.57. The van der Waals surface area contributed by atoms with Crippen molar-refractivity contribution in [1.82, 2.24) is 10.4 Å². The number of carbonyl (C=O) groups is 1. The van der Waals surface area contributed by atoms with Crippen LogP contribution in [0.5, 0.6) is 5.75 Å². The number of hydrogen-bond donors (Lipinski definition) is 1. The second-order valence-corrected chi connectivity index (χ2v) is 4.19. The molecule has 0 spiro atoms. The fourth-order valence-corrected chi connectivity index (χ4v) is 1.49. The van der Waals surface area contributed by atoms with Crippen LogP contribution in [0.1, 0.15) is 12.6 Å². The summed E-state index contributed by atoms with van der Waals surface area (Å²) in [7, 11) is 0. The van der Waals surface area contributed by atoms with E-state index in [-0.39, 0.29) is 12.4 Å². The van der Waals surface area contributed by atoms with Gasteiger partial charge in [0.2, 0.25) is 0 Å². The molecule has 1 heterocycles. The average molecular weight is 287 g/mol. The van der Waals surface area contributed by atoms with Crippen LogP contribution in [-0.4, -0.2) is 23.2 Å². The van der Waals surface area contributed by atoms with Crippen molar-refractivity contribution in [2.75, 3.05) is 6.61 Å². The van der Waals surface area contributed by atoms with Crippen LogP contribution in [0.2, 0.25) is 0 Å². The summed E-state index contributed by atoms with van der Waals surface area (Å²) in [5.74, 6) is -0.353. The van der Waals surface area contributed by atoms with Gasteiger partial charge in [0.25, 0.3) is 5.91 Å². The van der Waals surface area contributed by atoms with Crippen molar-refractivity contribution < 1.29 is 13.9 Å². The number of rotatable bonds is 5. The maximum atomic E-state index is 12.7. The predicted molar refractivity (Wildman–Crippen MR) is 76.5 cm³/mol. The molecule has 2 rings (SSSR count). The number of carbonyl (C=O) groups excluding carboxylic acids is 1. The molecule has 0 bridgehead atoms. The molecule has 1 amide bonds. The number of hydrogen-bond acceptors (Lipinski definition) is 4. The van der Waals surface area contributed by atoms with Crippen molar-refractivity contribution in [3.8, 4) is 5.75 Å². The monoisotopic (exact) mass is 287 g/mol. The van der Waals surface area contributed by atoms with Crippen molar-refractivity contribution in [1.29, 1.82) is 0 Å². The lowest BCUT2D eigenvalue weighted by molar-refractivity contribution is -0.123. The Labute approximate surface area is 121 Å². The first-order valence-electron chi connectivity index (χ1n) is 6.28. The highest BCUT2D eigenvalue weighted by Gasteiger charge is 2.03. The fraction of sp³-hybridized carbons (Fsp3) is 0.133. The van der Waals surface area contributed by atoms with Crippen LogP contribution in [0.25, 0.3) is 0 Å². The van der Waals surface area contributed by atoms with Crippen molar-refractivity contribution >= 4 is 11.6 Å². The number of amides is 1. The minimum atomic E-state index is -0.408. The number of ether oxygens (including phenoxy) is 1. The summed E-state index contributed by atoms with van der Waals surface area (Å²) >= 11 is 0. The topological polar surface area (TPSA) is 63.6 Å². The molecule has 1 aromatic carbocycles. The first kappa shape index (κ1) is 14.6. The molecule has 108 valence electrons. The Morgan fingerprint density at radius 2 is 2.05 bits per heavy atom. The summed E-state index contributed by atoms with van der Waals surface area (Å²) in [6, 6.07) is 10.8. The van der Waals surface area contributed by atoms with Crippen LogP contribution >= 0.6 is 0 Å². The van der Waals surface area contributed by atoms with E-state index in [9.17, 15) is 9.18 Å². The average Bonchev–Trinajstić information content (AvgIpc) is 2.53. The van der Waals surface area contributed by atoms with Gasteiger partial charge in [0, 0.05) is 6.20 Å². The Morgan fingerprint density at radius 1 is 1.29 bits per heavy atom. The van der Waals surface area contributed by atoms with Crippen LogP contribution in [0, 0.1) is 5.82 Å². The Balaban J connectivity index is 1.83. The lowest BCUT2D eigenvalue weighted by Crippen LogP contribution is -2.25. The molecule has 0 aliphatic heterocycles. The normalized spacial score (nSPS) is 11.0. The molecule has 0 unspecified atom stereocenters. The molecule has 1 N–H and O–H groups in total. The van der Waals surface area contributed by atoms with Gasteiger partial charge in [-0.25, -0.2) is 9.82 Å². The maximum absolute atomic E-state index is 12.7. The summed E-state index contributed by atoms with van der Waals surface area (Å²) in [5.41, 5.74) is 3.64. The molecule has 0 saturated carbocycles. The zero-order chi connectivity index (χ0) is 15.1. The standard InChI is InChI=1S/C15H14FN3O2/c1-11(14-4-2-3-9-17-14)18-19-15(20)10-21-13-7-5-12(16)6-8-13/h2-9H,10H2,1H3,(H,19,20). The Bertz CT molecular complexity index is 627. The molecule has 5 nitrogen and oxygen atoms in total. The zero-order valence-electron chi connectivity index (χ0n) is 11.4. The Morgan fingerprint density at radius 3 is 2.71 bits per heavy atom. The summed E-state index contributed by atoms with van der Waals surface area (Å²) in [6.07, 6.45) is 1.65. The van der Waals surface area contributed by atoms with Crippen molar-refractivity contribution in [3.63, 3.8) is 0 Å². The number of nitrogens with zero attached hydrogens (tertiary/aromatic N) is 2. The fourth-order valence-electron chi connectivity index (χ4n) is 1.49. The van der Waals surface area contributed by atoms with E-state index in [4.69, 9.17) is 4.74 Å². The van der Waals surface area contributed by atoms with E-state index in [0.29, 0.717) is 17.2 Å². The van der Waals surface area contributed by atoms with Gasteiger partial charge in [0.1, 0.15) is 11.6 Å². The summed E-state index contributed by atoms with van der Waals surface area (Å²) < 4.78 is 17.9. The highest BCUT2D eigenvalue weighted by Crippen LogP contribution is 2.10. The summed E-state index contributed by atoms with van der Waals surface area (Å²) in [5, 5.41) is 3.94. The lowest BCUT2D eigenvalue weighted by atomic mass is 10.3. The SMILES string of the molecule is CC(=NNC(=O)COc1ccc(F)cc1)c1ccccn1. The Hall–Kier alpha value is -2.76. The highest BCUT2D eigenvalue weighted by molar-refractivity contribution is 5.97. The van der Waals surface area contributed by atoms with E-state index < -0.39 is 5.91 Å². The van der Waals surface area contributed by atoms with Gasteiger partial charge in [-0.05, 0) is 43.3 Å². The molecule has 0 saturated heterocycles. The summed E-state index contributed by atoms with van der Waals surface area (Å²) in [6.45, 7) is 1.54. The molecular weight excluding hydrogens is 273 g/mol. The molecule has 0 radical (unpaired) electrons. The van der Waals surface area contributed by atoms with Gasteiger partial charge in [-0.15, -0.1) is 0 Å². The smallest absolute Gasteiger partial charge is 0.277 e. The third kappa shape index (κ3) is 4.68. The molecule has 1 aromatic heterocycles. The van der Waals surface area contributed by atoms with Gasteiger partial charge in [-0.3, -0.25) is 9.78 Å². The van der Waals surface area contributed by atoms with E-state index in [1.165, 1.54) is 24.3 Å². The van der Waals surface area contributed by atoms with Gasteiger partial charge in [-0.1, -0.05) is 6.07 Å². The van der Waals surface area contributed by atoms with Crippen LogP contribution in [0.3, 0.4) is 0 Å². The maximum Gasteiger partial charge on any atom is 0.277 e. The van der Waals surface area contributed by atoms with E-state index in [1.807, 2.05) is 6.07 Å².